The summed E-state index contributed by atoms with van der Waals surface area (Å²) >= 11 is 0. The van der Waals surface area contributed by atoms with Gasteiger partial charge in [0, 0.05) is 45.3 Å². The fourth-order valence-corrected chi connectivity index (χ4v) is 3.86. The van der Waals surface area contributed by atoms with Crippen LogP contribution in [0.2, 0.25) is 0 Å². The average Bonchev–Trinajstić information content (AvgIpc) is 2.88. The fourth-order valence-electron chi connectivity index (χ4n) is 3.86. The first-order valence-corrected chi connectivity index (χ1v) is 13.8. The van der Waals surface area contributed by atoms with Gasteiger partial charge in [-0.25, -0.2) is 0 Å². The lowest BCUT2D eigenvalue weighted by Crippen LogP contribution is -2.45. The predicted octanol–water partition coefficient (Wildman–Crippen LogP) is 2.66. The van der Waals surface area contributed by atoms with Crippen molar-refractivity contribution in [1.82, 2.24) is 5.32 Å². The zero-order chi connectivity index (χ0) is 29.6. The number of ether oxygens (including phenoxy) is 5. The Balaban J connectivity index is 5.21. The number of ketones is 2. The summed E-state index contributed by atoms with van der Waals surface area (Å²) in [6.07, 6.45) is 1.18. The largest absolute Gasteiger partial charge is 0.463 e. The Hall–Kier alpha value is -2.37. The first-order valence-electron chi connectivity index (χ1n) is 13.8. The van der Waals surface area contributed by atoms with Crippen molar-refractivity contribution in [2.24, 2.45) is 17.8 Å². The molecule has 0 radical (unpaired) electrons. The van der Waals surface area contributed by atoms with E-state index in [9.17, 15) is 24.0 Å². The topological polar surface area (TPSA) is 144 Å². The van der Waals surface area contributed by atoms with Crippen LogP contribution in [-0.4, -0.2) is 89.3 Å². The molecule has 3 atom stereocenters. The summed E-state index contributed by atoms with van der Waals surface area (Å²) < 4.78 is 25.2. The third-order valence-electron chi connectivity index (χ3n) is 6.15. The maximum Gasteiger partial charge on any atom is 0.305 e. The number of Topliss-reactive ketones (excluding diaryl/α,β-unsaturated/α-hetero) is 2. The third kappa shape index (κ3) is 18.5. The van der Waals surface area contributed by atoms with Crippen LogP contribution >= 0.6 is 0 Å². The minimum Gasteiger partial charge on any atom is -0.463 e. The van der Waals surface area contributed by atoms with Crippen molar-refractivity contribution >= 4 is 29.4 Å². The summed E-state index contributed by atoms with van der Waals surface area (Å²) in [5.74, 6) is -2.56. The van der Waals surface area contributed by atoms with Gasteiger partial charge in [-0.3, -0.25) is 24.0 Å². The zero-order valence-corrected chi connectivity index (χ0v) is 24.6. The quantitative estimate of drug-likeness (QED) is 0.138. The highest BCUT2D eigenvalue weighted by Gasteiger charge is 2.29. The highest BCUT2D eigenvalue weighted by molar-refractivity contribution is 5.93. The van der Waals surface area contributed by atoms with Gasteiger partial charge in [-0.2, -0.15) is 0 Å². The first kappa shape index (κ1) is 36.6. The van der Waals surface area contributed by atoms with Crippen molar-refractivity contribution in [2.45, 2.75) is 78.7 Å². The molecule has 0 aromatic heterocycles. The van der Waals surface area contributed by atoms with E-state index in [1.807, 2.05) is 20.8 Å². The van der Waals surface area contributed by atoms with Gasteiger partial charge >= 0.3 is 11.9 Å². The molecule has 0 aromatic rings. The molecule has 0 saturated carbocycles. The fraction of sp³-hybridized carbons (Fsp3) is 0.821. The van der Waals surface area contributed by atoms with E-state index in [0.717, 1.165) is 0 Å². The van der Waals surface area contributed by atoms with Gasteiger partial charge in [0.2, 0.25) is 5.91 Å². The first-order chi connectivity index (χ1) is 18.5. The summed E-state index contributed by atoms with van der Waals surface area (Å²) in [4.78, 5) is 62.7. The van der Waals surface area contributed by atoms with Crippen LogP contribution in [0, 0.1) is 17.8 Å². The minimum atomic E-state index is -0.959. The SMILES string of the molecule is CC[C@@H](CC(C)C)C(=O)N[C@@H](CCC(=O)OCCOCCOC)C(=O)CC(CCC(=O)OCCOC)C(C)=O. The molecule has 0 bridgehead atoms. The molecule has 0 aliphatic rings. The Morgan fingerprint density at radius 1 is 0.744 bits per heavy atom. The molecule has 11 nitrogen and oxygen atoms in total. The number of carbonyl (C=O) groups excluding carboxylic acids is 5. The van der Waals surface area contributed by atoms with Gasteiger partial charge in [-0.15, -0.1) is 0 Å². The van der Waals surface area contributed by atoms with Crippen molar-refractivity contribution < 1.29 is 47.7 Å². The van der Waals surface area contributed by atoms with Gasteiger partial charge in [0.25, 0.3) is 0 Å². The lowest BCUT2D eigenvalue weighted by Gasteiger charge is -2.23. The second-order valence-electron chi connectivity index (χ2n) is 9.89. The van der Waals surface area contributed by atoms with Gasteiger partial charge in [0.05, 0.1) is 32.5 Å². The molecule has 226 valence electrons. The van der Waals surface area contributed by atoms with E-state index >= 15 is 0 Å². The van der Waals surface area contributed by atoms with Crippen molar-refractivity contribution in [3.05, 3.63) is 0 Å². The average molecular weight is 560 g/mol. The second kappa shape index (κ2) is 22.4. The Kier molecular flexibility index (Phi) is 21.1. The van der Waals surface area contributed by atoms with Gasteiger partial charge in [-0.1, -0.05) is 20.8 Å². The van der Waals surface area contributed by atoms with Crippen molar-refractivity contribution in [3.8, 4) is 0 Å². The molecule has 0 rings (SSSR count). The molecule has 0 aliphatic carbocycles. The van der Waals surface area contributed by atoms with Gasteiger partial charge < -0.3 is 29.0 Å². The molecule has 1 amide bonds. The summed E-state index contributed by atoms with van der Waals surface area (Å²) in [5.41, 5.74) is 0. The molecule has 1 unspecified atom stereocenters. The highest BCUT2D eigenvalue weighted by Crippen LogP contribution is 2.19. The lowest BCUT2D eigenvalue weighted by molar-refractivity contribution is -0.147. The number of esters is 2. The molecular weight excluding hydrogens is 510 g/mol. The smallest absolute Gasteiger partial charge is 0.305 e. The van der Waals surface area contributed by atoms with Gasteiger partial charge in [-0.05, 0) is 38.5 Å². The Morgan fingerprint density at radius 2 is 1.28 bits per heavy atom. The van der Waals surface area contributed by atoms with Crippen LogP contribution in [0.5, 0.6) is 0 Å². The molecule has 0 heterocycles. The van der Waals surface area contributed by atoms with Crippen LogP contribution in [0.15, 0.2) is 0 Å². The van der Waals surface area contributed by atoms with Gasteiger partial charge in [0.15, 0.2) is 5.78 Å². The number of nitrogens with one attached hydrogen (secondary N) is 1. The van der Waals surface area contributed by atoms with Crippen LogP contribution in [0.1, 0.15) is 72.6 Å². The molecule has 0 saturated heterocycles. The Morgan fingerprint density at radius 3 is 1.82 bits per heavy atom. The van der Waals surface area contributed by atoms with E-state index in [1.165, 1.54) is 14.0 Å². The normalized spacial score (nSPS) is 13.4. The van der Waals surface area contributed by atoms with Crippen LogP contribution in [0.3, 0.4) is 0 Å². The van der Waals surface area contributed by atoms with Crippen molar-refractivity contribution in [1.29, 1.82) is 0 Å². The highest BCUT2D eigenvalue weighted by atomic mass is 16.6. The number of rotatable bonds is 24. The molecule has 0 spiro atoms. The number of hydrogen-bond donors (Lipinski definition) is 1. The van der Waals surface area contributed by atoms with Crippen molar-refractivity contribution in [3.63, 3.8) is 0 Å². The second-order valence-corrected chi connectivity index (χ2v) is 9.89. The maximum absolute atomic E-state index is 13.3. The molecule has 0 aliphatic heterocycles. The minimum absolute atomic E-state index is 0.0245. The van der Waals surface area contributed by atoms with E-state index < -0.39 is 23.9 Å². The van der Waals surface area contributed by atoms with Crippen LogP contribution < -0.4 is 5.32 Å². The monoisotopic (exact) mass is 559 g/mol. The van der Waals surface area contributed by atoms with E-state index in [2.05, 4.69) is 5.32 Å². The predicted molar refractivity (Wildman–Crippen MR) is 144 cm³/mol. The molecule has 0 fully saturated rings. The van der Waals surface area contributed by atoms with Gasteiger partial charge in [0.1, 0.15) is 19.0 Å². The summed E-state index contributed by atoms with van der Waals surface area (Å²) in [5, 5.41) is 2.81. The van der Waals surface area contributed by atoms with E-state index in [4.69, 9.17) is 23.7 Å². The van der Waals surface area contributed by atoms with E-state index in [0.29, 0.717) is 32.0 Å². The van der Waals surface area contributed by atoms with Crippen LogP contribution in [0.25, 0.3) is 0 Å². The molecule has 0 aromatic carbocycles. The summed E-state index contributed by atoms with van der Waals surface area (Å²) in [6.45, 7) is 8.78. The lowest BCUT2D eigenvalue weighted by atomic mass is 9.89. The molecule has 39 heavy (non-hydrogen) atoms. The van der Waals surface area contributed by atoms with E-state index in [-0.39, 0.29) is 81.9 Å². The zero-order valence-electron chi connectivity index (χ0n) is 24.6. The third-order valence-corrected chi connectivity index (χ3v) is 6.15. The Bertz CT molecular complexity index is 740. The maximum atomic E-state index is 13.3. The number of amides is 1. The number of hydrogen-bond acceptors (Lipinski definition) is 10. The standard InChI is InChI=1S/C28H49NO10/c1-7-22(18-20(2)3)28(34)29-24(9-11-27(33)39-17-15-37-14-12-35-5)25(31)19-23(21(4)30)8-10-26(32)38-16-13-36-6/h20,22-24H,7-19H2,1-6H3,(H,29,34)/t22-,23?,24-/m0/s1. The molecular formula is C28H49NO10. The summed E-state index contributed by atoms with van der Waals surface area (Å²) in [6, 6.07) is -0.959. The number of carbonyl (C=O) groups is 5. The van der Waals surface area contributed by atoms with Crippen LogP contribution in [-0.2, 0) is 47.7 Å². The Labute approximate surface area is 233 Å². The van der Waals surface area contributed by atoms with Crippen LogP contribution in [0.4, 0.5) is 0 Å². The molecule has 1 N–H and O–H groups in total. The molecule has 11 heteroatoms. The number of methoxy groups -OCH3 is 2. The summed E-state index contributed by atoms with van der Waals surface area (Å²) in [7, 11) is 3.05. The van der Waals surface area contributed by atoms with Crippen molar-refractivity contribution in [2.75, 3.05) is 53.9 Å². The van der Waals surface area contributed by atoms with E-state index in [1.54, 1.807) is 7.11 Å².